The summed E-state index contributed by atoms with van der Waals surface area (Å²) in [4.78, 5) is 13.7. The van der Waals surface area contributed by atoms with Crippen LogP contribution in [0.3, 0.4) is 0 Å². The first kappa shape index (κ1) is 14.7. The van der Waals surface area contributed by atoms with E-state index in [1.54, 1.807) is 12.2 Å². The van der Waals surface area contributed by atoms with Crippen molar-refractivity contribution in [1.82, 2.24) is 15.8 Å². The van der Waals surface area contributed by atoms with Gasteiger partial charge in [0.1, 0.15) is 6.17 Å². The van der Waals surface area contributed by atoms with Crippen LogP contribution in [0, 0.1) is 11.8 Å². The number of ether oxygens (including phenoxy) is 1. The van der Waals surface area contributed by atoms with E-state index in [1.807, 2.05) is 6.92 Å². The molecule has 3 rings (SSSR count). The Morgan fingerprint density at radius 1 is 1.43 bits per heavy atom. The summed E-state index contributed by atoms with van der Waals surface area (Å²) in [5.74, 6) is -0.384. The average Bonchev–Trinajstić information content (AvgIpc) is 2.69. The van der Waals surface area contributed by atoms with Gasteiger partial charge >= 0.3 is 5.97 Å². The van der Waals surface area contributed by atoms with Crippen LogP contribution in [-0.2, 0) is 9.53 Å². The summed E-state index contributed by atoms with van der Waals surface area (Å²) in [5.41, 5.74) is 7.85. The number of carbonyl (C=O) groups excluding carboxylic acids is 1. The van der Waals surface area contributed by atoms with Crippen molar-refractivity contribution in [2.45, 2.75) is 13.1 Å². The summed E-state index contributed by atoms with van der Waals surface area (Å²) in [6.45, 7) is 5.99. The molecule has 3 unspecified atom stereocenters. The van der Waals surface area contributed by atoms with E-state index in [2.05, 4.69) is 15.8 Å². The highest BCUT2D eigenvalue weighted by molar-refractivity contribution is 5.78. The minimum atomic E-state index is -1.02. The molecule has 2 N–H and O–H groups in total. The monoisotopic (exact) mass is 295 g/mol. The standard InChI is InChI=1S/C15H22FN3O2/c1-10-11(2-3-12-13(10)9-21-15(12)20)14(16)8-19-6-4-17-18-5-7-19/h2-3,12-14,17-18H,4-9H2,1H3. The number of rotatable bonds is 3. The zero-order valence-corrected chi connectivity index (χ0v) is 12.3. The maximum absolute atomic E-state index is 14.7. The van der Waals surface area contributed by atoms with Gasteiger partial charge < -0.3 is 4.74 Å². The molecule has 2 fully saturated rings. The zero-order valence-electron chi connectivity index (χ0n) is 12.3. The van der Waals surface area contributed by atoms with Gasteiger partial charge in [-0.2, -0.15) is 0 Å². The molecule has 21 heavy (non-hydrogen) atoms. The minimum Gasteiger partial charge on any atom is -0.465 e. The lowest BCUT2D eigenvalue weighted by Gasteiger charge is -2.26. The van der Waals surface area contributed by atoms with Gasteiger partial charge in [-0.15, -0.1) is 0 Å². The Hall–Kier alpha value is -1.24. The highest BCUT2D eigenvalue weighted by Gasteiger charge is 2.39. The van der Waals surface area contributed by atoms with E-state index in [0.29, 0.717) is 13.2 Å². The van der Waals surface area contributed by atoms with Crippen LogP contribution < -0.4 is 10.9 Å². The summed E-state index contributed by atoms with van der Waals surface area (Å²) < 4.78 is 19.8. The lowest BCUT2D eigenvalue weighted by atomic mass is 9.80. The molecule has 6 heteroatoms. The fourth-order valence-electron chi connectivity index (χ4n) is 3.27. The van der Waals surface area contributed by atoms with Crippen molar-refractivity contribution in [2.75, 3.05) is 39.3 Å². The summed E-state index contributed by atoms with van der Waals surface area (Å²) >= 11 is 0. The van der Waals surface area contributed by atoms with Crippen molar-refractivity contribution in [3.63, 3.8) is 0 Å². The van der Waals surface area contributed by atoms with Gasteiger partial charge in [-0.05, 0) is 12.5 Å². The Kier molecular flexibility index (Phi) is 4.37. The van der Waals surface area contributed by atoms with Gasteiger partial charge in [0.25, 0.3) is 0 Å². The zero-order chi connectivity index (χ0) is 14.8. The fourth-order valence-corrected chi connectivity index (χ4v) is 3.27. The molecule has 1 aliphatic carbocycles. The molecule has 0 aromatic rings. The quantitative estimate of drug-likeness (QED) is 0.739. The summed E-state index contributed by atoms with van der Waals surface area (Å²) in [6.07, 6.45) is 2.57. The number of esters is 1. The number of hydrazine groups is 1. The molecule has 2 aliphatic heterocycles. The topological polar surface area (TPSA) is 53.6 Å². The molecule has 2 heterocycles. The second-order valence-corrected chi connectivity index (χ2v) is 5.88. The van der Waals surface area contributed by atoms with Crippen LogP contribution in [0.15, 0.2) is 23.3 Å². The third-order valence-corrected chi connectivity index (χ3v) is 4.59. The van der Waals surface area contributed by atoms with E-state index in [9.17, 15) is 9.18 Å². The molecule has 2 saturated heterocycles. The predicted octanol–water partition coefficient (Wildman–Crippen LogP) is 0.410. The number of allylic oxidation sites excluding steroid dienone is 1. The maximum atomic E-state index is 14.7. The lowest BCUT2D eigenvalue weighted by Crippen LogP contribution is -2.35. The Bertz CT molecular complexity index is 470. The highest BCUT2D eigenvalue weighted by atomic mass is 19.1. The van der Waals surface area contributed by atoms with Gasteiger partial charge in [0.2, 0.25) is 0 Å². The first-order valence-corrected chi connectivity index (χ1v) is 7.54. The van der Waals surface area contributed by atoms with E-state index >= 15 is 0 Å². The molecule has 0 aromatic heterocycles. The van der Waals surface area contributed by atoms with Crippen molar-refractivity contribution >= 4 is 5.97 Å². The van der Waals surface area contributed by atoms with Crippen LogP contribution in [0.5, 0.6) is 0 Å². The van der Waals surface area contributed by atoms with Crippen LogP contribution in [0.25, 0.3) is 0 Å². The van der Waals surface area contributed by atoms with Crippen molar-refractivity contribution in [1.29, 1.82) is 0 Å². The largest absolute Gasteiger partial charge is 0.465 e. The van der Waals surface area contributed by atoms with Crippen LogP contribution in [0.2, 0.25) is 0 Å². The SMILES string of the molecule is CC1=C(C(F)CN2CCNNCC2)C=CC2C(=O)OCC12. The molecule has 5 nitrogen and oxygen atoms in total. The normalized spacial score (nSPS) is 31.8. The number of carbonyl (C=O) groups is 1. The number of fused-ring (bicyclic) bond motifs is 1. The fraction of sp³-hybridized carbons (Fsp3) is 0.667. The Morgan fingerprint density at radius 2 is 2.14 bits per heavy atom. The third-order valence-electron chi connectivity index (χ3n) is 4.59. The van der Waals surface area contributed by atoms with Gasteiger partial charge in [-0.1, -0.05) is 17.7 Å². The van der Waals surface area contributed by atoms with Gasteiger partial charge in [-0.3, -0.25) is 20.5 Å². The molecule has 0 amide bonds. The number of nitrogens with zero attached hydrogens (tertiary/aromatic N) is 1. The van der Waals surface area contributed by atoms with Crippen molar-refractivity contribution in [2.24, 2.45) is 11.8 Å². The minimum absolute atomic E-state index is 0.0169. The van der Waals surface area contributed by atoms with E-state index in [0.717, 1.165) is 37.3 Å². The summed E-state index contributed by atoms with van der Waals surface area (Å²) in [5, 5.41) is 0. The van der Waals surface area contributed by atoms with Crippen molar-refractivity contribution < 1.29 is 13.9 Å². The van der Waals surface area contributed by atoms with E-state index in [4.69, 9.17) is 4.74 Å². The Balaban J connectivity index is 1.68. The molecule has 0 bridgehead atoms. The first-order chi connectivity index (χ1) is 10.2. The molecule has 0 spiro atoms. The lowest BCUT2D eigenvalue weighted by molar-refractivity contribution is -0.140. The third kappa shape index (κ3) is 3.02. The van der Waals surface area contributed by atoms with Crippen molar-refractivity contribution in [3.8, 4) is 0 Å². The summed E-state index contributed by atoms with van der Waals surface area (Å²) in [6, 6.07) is 0. The van der Waals surface area contributed by atoms with E-state index < -0.39 is 6.17 Å². The van der Waals surface area contributed by atoms with Gasteiger partial charge in [0.15, 0.2) is 0 Å². The molecular weight excluding hydrogens is 273 g/mol. The molecule has 0 radical (unpaired) electrons. The maximum Gasteiger partial charge on any atom is 0.313 e. The average molecular weight is 295 g/mol. The number of hydrogen-bond acceptors (Lipinski definition) is 5. The molecule has 0 saturated carbocycles. The Labute approximate surface area is 124 Å². The summed E-state index contributed by atoms with van der Waals surface area (Å²) in [7, 11) is 0. The van der Waals surface area contributed by atoms with E-state index in [1.165, 1.54) is 0 Å². The van der Waals surface area contributed by atoms with Crippen molar-refractivity contribution in [3.05, 3.63) is 23.3 Å². The molecule has 3 aliphatic rings. The molecule has 116 valence electrons. The highest BCUT2D eigenvalue weighted by Crippen LogP contribution is 2.37. The number of alkyl halides is 1. The first-order valence-electron chi connectivity index (χ1n) is 7.54. The van der Waals surface area contributed by atoms with Crippen LogP contribution in [-0.4, -0.2) is 56.4 Å². The number of nitrogens with one attached hydrogen (secondary N) is 2. The Morgan fingerprint density at radius 3 is 2.86 bits per heavy atom. The van der Waals surface area contributed by atoms with Crippen LogP contribution >= 0.6 is 0 Å². The number of halogens is 1. The number of cyclic esters (lactones) is 1. The molecule has 3 atom stereocenters. The van der Waals surface area contributed by atoms with Gasteiger partial charge in [-0.25, -0.2) is 4.39 Å². The smallest absolute Gasteiger partial charge is 0.313 e. The van der Waals surface area contributed by atoms with Crippen LogP contribution in [0.1, 0.15) is 6.92 Å². The van der Waals surface area contributed by atoms with Gasteiger partial charge in [0, 0.05) is 38.6 Å². The second-order valence-electron chi connectivity index (χ2n) is 5.88. The molecular formula is C15H22FN3O2. The van der Waals surface area contributed by atoms with E-state index in [-0.39, 0.29) is 17.8 Å². The second kappa shape index (κ2) is 6.25. The van der Waals surface area contributed by atoms with Gasteiger partial charge in [0.05, 0.1) is 12.5 Å². The van der Waals surface area contributed by atoms with Crippen LogP contribution in [0.4, 0.5) is 4.39 Å². The predicted molar refractivity (Wildman–Crippen MR) is 77.1 cm³/mol. The number of hydrogen-bond donors (Lipinski definition) is 2. The molecule has 0 aromatic carbocycles.